The fourth-order valence-electron chi connectivity index (χ4n) is 2.61. The number of carbonyl (C=O) groups excluding carboxylic acids is 2. The minimum Gasteiger partial charge on any atom is -0.465 e. The first-order chi connectivity index (χ1) is 13.4. The Labute approximate surface area is 164 Å². The van der Waals surface area contributed by atoms with E-state index in [0.29, 0.717) is 6.42 Å². The predicted molar refractivity (Wildman–Crippen MR) is 104 cm³/mol. The molecule has 0 amide bonds. The monoisotopic (exact) mass is 405 g/mol. The molecule has 0 aliphatic heterocycles. The number of unbranched alkanes of at least 4 members (excludes halogenated alkanes) is 1. The smallest absolute Gasteiger partial charge is 0.337 e. The molecule has 0 saturated carbocycles. The van der Waals surface area contributed by atoms with Crippen molar-refractivity contribution in [2.75, 3.05) is 20.8 Å². The number of hydrogen-bond acceptors (Lipinski definition) is 6. The third-order valence-corrected chi connectivity index (χ3v) is 5.53. The third kappa shape index (κ3) is 5.90. The van der Waals surface area contributed by atoms with Crippen molar-refractivity contribution in [3.63, 3.8) is 0 Å². The zero-order valence-electron chi connectivity index (χ0n) is 15.8. The lowest BCUT2D eigenvalue weighted by Gasteiger charge is -2.10. The van der Waals surface area contributed by atoms with Crippen LogP contribution in [0.25, 0.3) is 0 Å². The molecule has 28 heavy (non-hydrogen) atoms. The number of hydrogen-bond donors (Lipinski definition) is 1. The van der Waals surface area contributed by atoms with Gasteiger partial charge in [-0.1, -0.05) is 30.3 Å². The summed E-state index contributed by atoms with van der Waals surface area (Å²) in [6.45, 7) is 0.241. The first kappa shape index (κ1) is 21.6. The Morgan fingerprint density at radius 3 is 2.00 bits per heavy atom. The molecular formula is C20H23NO6S. The van der Waals surface area contributed by atoms with Gasteiger partial charge in [-0.15, -0.1) is 0 Å². The van der Waals surface area contributed by atoms with Crippen LogP contribution in [0, 0.1) is 0 Å². The average molecular weight is 405 g/mol. The largest absolute Gasteiger partial charge is 0.465 e. The van der Waals surface area contributed by atoms with Gasteiger partial charge in [0, 0.05) is 6.54 Å². The van der Waals surface area contributed by atoms with Crippen LogP contribution < -0.4 is 4.72 Å². The Bertz CT molecular complexity index is 891. The van der Waals surface area contributed by atoms with Crippen LogP contribution in [-0.4, -0.2) is 41.1 Å². The van der Waals surface area contributed by atoms with Crippen molar-refractivity contribution in [2.45, 2.75) is 24.2 Å². The average Bonchev–Trinajstić information content (AvgIpc) is 2.72. The summed E-state index contributed by atoms with van der Waals surface area (Å²) in [6, 6.07) is 13.5. The summed E-state index contributed by atoms with van der Waals surface area (Å²) in [7, 11) is -1.55. The molecular weight excluding hydrogens is 382 g/mol. The lowest BCUT2D eigenvalue weighted by Crippen LogP contribution is -2.25. The zero-order chi connectivity index (χ0) is 20.6. The Balaban J connectivity index is 2.06. The highest BCUT2D eigenvalue weighted by Gasteiger charge is 2.20. The maximum Gasteiger partial charge on any atom is 0.337 e. The molecule has 0 saturated heterocycles. The summed E-state index contributed by atoms with van der Waals surface area (Å²) < 4.78 is 36.9. The third-order valence-electron chi connectivity index (χ3n) is 4.09. The molecule has 7 nitrogen and oxygen atoms in total. The molecule has 0 atom stereocenters. The molecule has 2 rings (SSSR count). The Hall–Kier alpha value is -2.71. The quantitative estimate of drug-likeness (QED) is 0.509. The highest BCUT2D eigenvalue weighted by Crippen LogP contribution is 2.17. The highest BCUT2D eigenvalue weighted by atomic mass is 32.2. The molecule has 0 unspecified atom stereocenters. The van der Waals surface area contributed by atoms with Crippen LogP contribution in [0.1, 0.15) is 39.1 Å². The van der Waals surface area contributed by atoms with Crippen LogP contribution >= 0.6 is 0 Å². The van der Waals surface area contributed by atoms with Crippen molar-refractivity contribution in [1.29, 1.82) is 0 Å². The van der Waals surface area contributed by atoms with Crippen molar-refractivity contribution < 1.29 is 27.5 Å². The van der Waals surface area contributed by atoms with Gasteiger partial charge in [-0.2, -0.15) is 0 Å². The number of nitrogens with one attached hydrogen (secondary N) is 1. The summed E-state index contributed by atoms with van der Waals surface area (Å²) in [5.74, 6) is -1.49. The molecule has 0 spiro atoms. The molecule has 0 fully saturated rings. The van der Waals surface area contributed by atoms with Gasteiger partial charge < -0.3 is 9.47 Å². The molecule has 8 heteroatoms. The number of sulfonamides is 1. The molecule has 150 valence electrons. The first-order valence-corrected chi connectivity index (χ1v) is 10.2. The van der Waals surface area contributed by atoms with Crippen molar-refractivity contribution in [2.24, 2.45) is 0 Å². The van der Waals surface area contributed by atoms with Gasteiger partial charge in [0.15, 0.2) is 0 Å². The van der Waals surface area contributed by atoms with E-state index in [9.17, 15) is 18.0 Å². The molecule has 0 aliphatic carbocycles. The Kier molecular flexibility index (Phi) is 7.71. The van der Waals surface area contributed by atoms with Gasteiger partial charge in [0.2, 0.25) is 10.0 Å². The summed E-state index contributed by atoms with van der Waals surface area (Å²) >= 11 is 0. The lowest BCUT2D eigenvalue weighted by atomic mass is 10.1. The fraction of sp³-hybridized carbons (Fsp3) is 0.300. The van der Waals surface area contributed by atoms with E-state index in [1.165, 1.54) is 38.0 Å². The standard InChI is InChI=1S/C20H23NO6S/c1-26-19(22)16-12-17(20(23)27-2)14-18(13-16)28(24,25)21-11-7-6-10-15-8-4-3-5-9-15/h3-5,8-9,12-14,21H,6-7,10-11H2,1-2H3. The summed E-state index contributed by atoms with van der Waals surface area (Å²) in [6.07, 6.45) is 2.32. The van der Waals surface area contributed by atoms with Crippen LogP contribution in [0.4, 0.5) is 0 Å². The predicted octanol–water partition coefficient (Wildman–Crippen LogP) is 2.56. The van der Waals surface area contributed by atoms with Gasteiger partial charge in [0.1, 0.15) is 0 Å². The Morgan fingerprint density at radius 1 is 0.893 bits per heavy atom. The normalized spacial score (nSPS) is 11.1. The number of methoxy groups -OCH3 is 2. The summed E-state index contributed by atoms with van der Waals surface area (Å²) in [5, 5.41) is 0. The number of rotatable bonds is 9. The van der Waals surface area contributed by atoms with Crippen molar-refractivity contribution in [3.05, 3.63) is 65.2 Å². The van der Waals surface area contributed by atoms with E-state index >= 15 is 0 Å². The van der Waals surface area contributed by atoms with Crippen LogP contribution in [0.15, 0.2) is 53.4 Å². The minimum atomic E-state index is -3.90. The van der Waals surface area contributed by atoms with E-state index in [2.05, 4.69) is 14.2 Å². The second kappa shape index (κ2) is 10.0. The van der Waals surface area contributed by atoms with Crippen molar-refractivity contribution in [1.82, 2.24) is 4.72 Å². The molecule has 0 heterocycles. The van der Waals surface area contributed by atoms with Crippen molar-refractivity contribution in [3.8, 4) is 0 Å². The second-order valence-electron chi connectivity index (χ2n) is 6.07. The second-order valence-corrected chi connectivity index (χ2v) is 7.84. The molecule has 0 aromatic heterocycles. The SMILES string of the molecule is COC(=O)c1cc(C(=O)OC)cc(S(=O)(=O)NCCCCc2ccccc2)c1. The van der Waals surface area contributed by atoms with E-state index in [1.807, 2.05) is 30.3 Å². The van der Waals surface area contributed by atoms with Crippen LogP contribution in [0.2, 0.25) is 0 Å². The maximum absolute atomic E-state index is 12.6. The van der Waals surface area contributed by atoms with Crippen molar-refractivity contribution >= 4 is 22.0 Å². The van der Waals surface area contributed by atoms with Gasteiger partial charge in [0.25, 0.3) is 0 Å². The van der Waals surface area contributed by atoms with Crippen LogP contribution in [-0.2, 0) is 25.9 Å². The molecule has 0 aliphatic rings. The molecule has 2 aromatic carbocycles. The number of esters is 2. The maximum atomic E-state index is 12.6. The van der Waals surface area contributed by atoms with Gasteiger partial charge >= 0.3 is 11.9 Å². The van der Waals surface area contributed by atoms with E-state index < -0.39 is 22.0 Å². The highest BCUT2D eigenvalue weighted by molar-refractivity contribution is 7.89. The number of benzene rings is 2. The molecule has 2 aromatic rings. The molecule has 0 radical (unpaired) electrons. The van der Waals surface area contributed by atoms with E-state index in [0.717, 1.165) is 12.8 Å². The zero-order valence-corrected chi connectivity index (χ0v) is 16.6. The molecule has 0 bridgehead atoms. The fourth-order valence-corrected chi connectivity index (χ4v) is 3.76. The number of carbonyl (C=O) groups is 2. The van der Waals surface area contributed by atoms with E-state index in [-0.39, 0.29) is 22.6 Å². The lowest BCUT2D eigenvalue weighted by molar-refractivity contribution is 0.0598. The van der Waals surface area contributed by atoms with E-state index in [4.69, 9.17) is 0 Å². The van der Waals surface area contributed by atoms with Gasteiger partial charge in [-0.25, -0.2) is 22.7 Å². The minimum absolute atomic E-state index is 0.0464. The summed E-state index contributed by atoms with van der Waals surface area (Å²) in [5.41, 5.74) is 1.10. The van der Waals surface area contributed by atoms with E-state index in [1.54, 1.807) is 0 Å². The first-order valence-electron chi connectivity index (χ1n) is 8.72. The molecule has 1 N–H and O–H groups in total. The number of ether oxygens (including phenoxy) is 2. The topological polar surface area (TPSA) is 98.8 Å². The van der Waals surface area contributed by atoms with Gasteiger partial charge in [-0.05, 0) is 43.0 Å². The van der Waals surface area contributed by atoms with Gasteiger partial charge in [0.05, 0.1) is 30.2 Å². The van der Waals surface area contributed by atoms with Crippen LogP contribution in [0.3, 0.4) is 0 Å². The van der Waals surface area contributed by atoms with Crippen LogP contribution in [0.5, 0.6) is 0 Å². The number of aryl methyl sites for hydroxylation is 1. The van der Waals surface area contributed by atoms with Gasteiger partial charge in [-0.3, -0.25) is 0 Å². The summed E-state index contributed by atoms with van der Waals surface area (Å²) in [4.78, 5) is 23.4. The Morgan fingerprint density at radius 2 is 1.46 bits per heavy atom.